The van der Waals surface area contributed by atoms with Gasteiger partial charge in [0.05, 0.1) is 11.4 Å². The SMILES string of the molecule is CCN(CC)C(=O)Cc1cccc(-c2nc3cc(Cl)cc(Cl)c3o2)c1. The Labute approximate surface area is 156 Å². The smallest absolute Gasteiger partial charge is 0.227 e. The summed E-state index contributed by atoms with van der Waals surface area (Å²) in [6.07, 6.45) is 0.350. The summed E-state index contributed by atoms with van der Waals surface area (Å²) in [5.41, 5.74) is 2.83. The third-order valence-electron chi connectivity index (χ3n) is 4.05. The van der Waals surface area contributed by atoms with Gasteiger partial charge in [-0.05, 0) is 43.7 Å². The van der Waals surface area contributed by atoms with E-state index in [9.17, 15) is 4.79 Å². The maximum atomic E-state index is 12.3. The maximum absolute atomic E-state index is 12.3. The zero-order chi connectivity index (χ0) is 18.0. The van der Waals surface area contributed by atoms with Crippen molar-refractivity contribution >= 4 is 40.2 Å². The first kappa shape index (κ1) is 17.8. The fourth-order valence-electron chi connectivity index (χ4n) is 2.76. The van der Waals surface area contributed by atoms with Crippen molar-refractivity contribution in [1.82, 2.24) is 9.88 Å². The number of rotatable bonds is 5. The van der Waals surface area contributed by atoms with Gasteiger partial charge >= 0.3 is 0 Å². The molecule has 130 valence electrons. The van der Waals surface area contributed by atoms with Gasteiger partial charge in [-0.3, -0.25) is 4.79 Å². The third kappa shape index (κ3) is 3.80. The second kappa shape index (κ2) is 7.46. The molecule has 0 saturated carbocycles. The molecular weight excluding hydrogens is 359 g/mol. The first-order valence-electron chi connectivity index (χ1n) is 8.14. The fourth-order valence-corrected chi connectivity index (χ4v) is 3.28. The van der Waals surface area contributed by atoms with E-state index in [-0.39, 0.29) is 5.91 Å². The molecule has 0 aliphatic carbocycles. The minimum absolute atomic E-state index is 0.106. The molecule has 4 nitrogen and oxygen atoms in total. The summed E-state index contributed by atoms with van der Waals surface area (Å²) in [6, 6.07) is 11.0. The number of oxazole rings is 1. The van der Waals surface area contributed by atoms with Crippen LogP contribution < -0.4 is 0 Å². The van der Waals surface area contributed by atoms with E-state index in [1.54, 1.807) is 12.1 Å². The quantitative estimate of drug-likeness (QED) is 0.613. The van der Waals surface area contributed by atoms with Crippen molar-refractivity contribution in [3.8, 4) is 11.5 Å². The van der Waals surface area contributed by atoms with Crippen LogP contribution in [-0.4, -0.2) is 28.9 Å². The van der Waals surface area contributed by atoms with Crippen LogP contribution in [0.5, 0.6) is 0 Å². The molecule has 0 saturated heterocycles. The van der Waals surface area contributed by atoms with Crippen LogP contribution in [0, 0.1) is 0 Å². The van der Waals surface area contributed by atoms with Crippen molar-refractivity contribution in [3.05, 3.63) is 52.0 Å². The summed E-state index contributed by atoms with van der Waals surface area (Å²) in [5.74, 6) is 0.561. The van der Waals surface area contributed by atoms with Crippen molar-refractivity contribution in [1.29, 1.82) is 0 Å². The van der Waals surface area contributed by atoms with Gasteiger partial charge in [-0.25, -0.2) is 4.98 Å². The van der Waals surface area contributed by atoms with Crippen molar-refractivity contribution < 1.29 is 9.21 Å². The molecule has 1 aromatic heterocycles. The van der Waals surface area contributed by atoms with Gasteiger partial charge in [0, 0.05) is 23.7 Å². The maximum Gasteiger partial charge on any atom is 0.227 e. The molecule has 1 amide bonds. The van der Waals surface area contributed by atoms with Gasteiger partial charge in [-0.1, -0.05) is 35.3 Å². The zero-order valence-corrected chi connectivity index (χ0v) is 15.6. The molecular formula is C19H18Cl2N2O2. The Balaban J connectivity index is 1.91. The molecule has 0 aliphatic rings. The number of carbonyl (C=O) groups excluding carboxylic acids is 1. The number of amides is 1. The molecule has 0 aliphatic heterocycles. The number of hydrogen-bond donors (Lipinski definition) is 0. The Morgan fingerprint density at radius 3 is 2.64 bits per heavy atom. The van der Waals surface area contributed by atoms with E-state index in [2.05, 4.69) is 4.98 Å². The van der Waals surface area contributed by atoms with E-state index in [0.717, 1.165) is 11.1 Å². The number of carbonyl (C=O) groups is 1. The molecule has 0 fully saturated rings. The minimum atomic E-state index is 0.106. The normalized spacial score (nSPS) is 11.0. The lowest BCUT2D eigenvalue weighted by Crippen LogP contribution is -2.31. The number of fused-ring (bicyclic) bond motifs is 1. The Bertz CT molecular complexity index is 917. The van der Waals surface area contributed by atoms with Gasteiger partial charge in [-0.2, -0.15) is 0 Å². The summed E-state index contributed by atoms with van der Waals surface area (Å²) in [6.45, 7) is 5.37. The molecule has 0 N–H and O–H groups in total. The first-order valence-corrected chi connectivity index (χ1v) is 8.90. The molecule has 0 atom stereocenters. The standard InChI is InChI=1S/C19H18Cl2N2O2/c1-3-23(4-2)17(24)9-12-6-5-7-13(8-12)19-22-16-11-14(20)10-15(21)18(16)25-19/h5-8,10-11H,3-4,9H2,1-2H3. The van der Waals surface area contributed by atoms with Gasteiger partial charge in [0.15, 0.2) is 5.58 Å². The van der Waals surface area contributed by atoms with Crippen molar-refractivity contribution in [3.63, 3.8) is 0 Å². The van der Waals surface area contributed by atoms with E-state index < -0.39 is 0 Å². The Morgan fingerprint density at radius 1 is 1.16 bits per heavy atom. The van der Waals surface area contributed by atoms with Gasteiger partial charge in [0.1, 0.15) is 5.52 Å². The van der Waals surface area contributed by atoms with Crippen LogP contribution in [0.4, 0.5) is 0 Å². The first-order chi connectivity index (χ1) is 12.0. The van der Waals surface area contributed by atoms with Crippen LogP contribution in [0.2, 0.25) is 10.0 Å². The van der Waals surface area contributed by atoms with Crippen molar-refractivity contribution in [2.75, 3.05) is 13.1 Å². The molecule has 3 rings (SSSR count). The average molecular weight is 377 g/mol. The number of benzene rings is 2. The van der Waals surface area contributed by atoms with Crippen LogP contribution in [0.15, 0.2) is 40.8 Å². The highest BCUT2D eigenvalue weighted by Gasteiger charge is 2.14. The van der Waals surface area contributed by atoms with Crippen LogP contribution in [0.3, 0.4) is 0 Å². The van der Waals surface area contributed by atoms with Crippen molar-refractivity contribution in [2.45, 2.75) is 20.3 Å². The second-order valence-electron chi connectivity index (χ2n) is 5.70. The van der Waals surface area contributed by atoms with Crippen LogP contribution in [0.25, 0.3) is 22.6 Å². The molecule has 0 radical (unpaired) electrons. The number of aromatic nitrogens is 1. The molecule has 0 spiro atoms. The van der Waals surface area contributed by atoms with E-state index in [1.807, 2.05) is 43.0 Å². The predicted molar refractivity (Wildman–Crippen MR) is 101 cm³/mol. The molecule has 3 aromatic rings. The summed E-state index contributed by atoms with van der Waals surface area (Å²) in [5, 5.41) is 0.935. The van der Waals surface area contributed by atoms with Crippen LogP contribution in [-0.2, 0) is 11.2 Å². The summed E-state index contributed by atoms with van der Waals surface area (Å²) in [7, 11) is 0. The highest BCUT2D eigenvalue weighted by molar-refractivity contribution is 6.38. The monoisotopic (exact) mass is 376 g/mol. The van der Waals surface area contributed by atoms with Gasteiger partial charge in [-0.15, -0.1) is 0 Å². The Kier molecular flexibility index (Phi) is 5.30. The summed E-state index contributed by atoms with van der Waals surface area (Å²) in [4.78, 5) is 18.6. The van der Waals surface area contributed by atoms with Gasteiger partial charge in [0.25, 0.3) is 0 Å². The molecule has 2 aromatic carbocycles. The Morgan fingerprint density at radius 2 is 1.92 bits per heavy atom. The Hall–Kier alpha value is -2.04. The summed E-state index contributed by atoms with van der Waals surface area (Å²) < 4.78 is 5.79. The second-order valence-corrected chi connectivity index (χ2v) is 6.54. The zero-order valence-electron chi connectivity index (χ0n) is 14.1. The molecule has 1 heterocycles. The molecule has 0 unspecified atom stereocenters. The highest BCUT2D eigenvalue weighted by Crippen LogP contribution is 2.32. The third-order valence-corrected chi connectivity index (χ3v) is 4.55. The number of likely N-dealkylation sites (N-methyl/N-ethyl adjacent to an activating group) is 1. The van der Waals surface area contributed by atoms with E-state index in [1.165, 1.54) is 0 Å². The van der Waals surface area contributed by atoms with Crippen molar-refractivity contribution in [2.24, 2.45) is 0 Å². The lowest BCUT2D eigenvalue weighted by atomic mass is 10.1. The number of nitrogens with zero attached hydrogens (tertiary/aromatic N) is 2. The van der Waals surface area contributed by atoms with E-state index in [0.29, 0.717) is 46.5 Å². The van der Waals surface area contributed by atoms with Crippen LogP contribution >= 0.6 is 23.2 Å². The predicted octanol–water partition coefficient (Wildman–Crippen LogP) is 5.21. The number of halogens is 2. The lowest BCUT2D eigenvalue weighted by molar-refractivity contribution is -0.130. The molecule has 6 heteroatoms. The topological polar surface area (TPSA) is 46.3 Å². The summed E-state index contributed by atoms with van der Waals surface area (Å²) >= 11 is 12.2. The highest BCUT2D eigenvalue weighted by atomic mass is 35.5. The van der Waals surface area contributed by atoms with Gasteiger partial charge in [0.2, 0.25) is 11.8 Å². The largest absolute Gasteiger partial charge is 0.435 e. The lowest BCUT2D eigenvalue weighted by Gasteiger charge is -2.18. The molecule has 25 heavy (non-hydrogen) atoms. The minimum Gasteiger partial charge on any atom is -0.435 e. The van der Waals surface area contributed by atoms with E-state index >= 15 is 0 Å². The van der Waals surface area contributed by atoms with Gasteiger partial charge < -0.3 is 9.32 Å². The number of hydrogen-bond acceptors (Lipinski definition) is 3. The molecule has 0 bridgehead atoms. The van der Waals surface area contributed by atoms with Crippen LogP contribution in [0.1, 0.15) is 19.4 Å². The average Bonchev–Trinajstić information content (AvgIpc) is 3.00. The van der Waals surface area contributed by atoms with E-state index in [4.69, 9.17) is 27.6 Å². The fraction of sp³-hybridized carbons (Fsp3) is 0.263.